The number of nitriles is 1. The summed E-state index contributed by atoms with van der Waals surface area (Å²) in [7, 11) is 3.55. The maximum absolute atomic E-state index is 9.08. The lowest BCUT2D eigenvalue weighted by atomic mass is 9.89. The first-order valence-corrected chi connectivity index (χ1v) is 11.2. The fourth-order valence-electron chi connectivity index (χ4n) is 4.33. The number of H-pyrrole nitrogens is 1. The molecule has 2 aliphatic heterocycles. The lowest BCUT2D eigenvalue weighted by Crippen LogP contribution is -2.34. The lowest BCUT2D eigenvalue weighted by molar-refractivity contribution is 0.192. The van der Waals surface area contributed by atoms with Crippen molar-refractivity contribution in [2.45, 2.75) is 32.2 Å². The number of anilines is 1. The number of likely N-dealkylation sites (tertiary alicyclic amines) is 1. The molecular weight excluding hydrogens is 402 g/mol. The molecule has 1 aromatic heterocycles. The molecular formula is C24H31N7O. The van der Waals surface area contributed by atoms with Crippen LogP contribution in [0.4, 0.5) is 5.82 Å². The van der Waals surface area contributed by atoms with Crippen LogP contribution in [0, 0.1) is 17.2 Å². The van der Waals surface area contributed by atoms with Crippen molar-refractivity contribution in [3.05, 3.63) is 41.8 Å². The third-order valence-corrected chi connectivity index (χ3v) is 6.32. The maximum atomic E-state index is 9.08. The average Bonchev–Trinajstić information content (AvgIpc) is 3.27. The number of nitrogens with zero attached hydrogens (tertiary/aromatic N) is 5. The molecule has 0 saturated carbocycles. The normalized spacial score (nSPS) is 19.5. The Kier molecular flexibility index (Phi) is 6.76. The predicted molar refractivity (Wildman–Crippen MR) is 126 cm³/mol. The fraction of sp³-hybridized carbons (Fsp3) is 0.458. The van der Waals surface area contributed by atoms with Crippen molar-refractivity contribution >= 4 is 12.0 Å². The molecule has 2 aromatic rings. The molecule has 1 unspecified atom stereocenters. The van der Waals surface area contributed by atoms with Gasteiger partial charge in [0.15, 0.2) is 11.9 Å². The van der Waals surface area contributed by atoms with E-state index in [4.69, 9.17) is 10.00 Å². The molecule has 0 amide bonds. The van der Waals surface area contributed by atoms with Crippen molar-refractivity contribution in [1.82, 2.24) is 20.0 Å². The van der Waals surface area contributed by atoms with Gasteiger partial charge in [-0.2, -0.15) is 10.4 Å². The van der Waals surface area contributed by atoms with Crippen molar-refractivity contribution in [3.8, 4) is 23.1 Å². The van der Waals surface area contributed by atoms with Crippen LogP contribution >= 0.6 is 0 Å². The molecule has 8 heteroatoms. The van der Waals surface area contributed by atoms with Gasteiger partial charge in [-0.3, -0.25) is 5.10 Å². The molecule has 32 heavy (non-hydrogen) atoms. The number of piperidine rings is 1. The number of hydrogen-bond donors (Lipinski definition) is 2. The Morgan fingerprint density at radius 3 is 2.78 bits per heavy atom. The van der Waals surface area contributed by atoms with Crippen LogP contribution in [-0.4, -0.2) is 66.0 Å². The van der Waals surface area contributed by atoms with Crippen LogP contribution in [0.1, 0.15) is 25.3 Å². The minimum absolute atomic E-state index is 0.350. The Balaban J connectivity index is 1.43. The van der Waals surface area contributed by atoms with Crippen LogP contribution in [0.15, 0.2) is 41.3 Å². The van der Waals surface area contributed by atoms with Crippen LogP contribution in [0.2, 0.25) is 0 Å². The van der Waals surface area contributed by atoms with Gasteiger partial charge < -0.3 is 19.9 Å². The standard InChI is InChI=1S/C24H31N7O/c1-4-31-9-7-17(8-10-31)11-18-5-6-20(22(12-18)32-3)21-13-23(29-28-21)27-24-16-30(2)19(14-25)15-26-24/h5-6,12-13,15-17,19H,4,7-11H2,1-3H3,(H2,27,28,29). The van der Waals surface area contributed by atoms with Gasteiger partial charge in [0, 0.05) is 31.1 Å². The summed E-state index contributed by atoms with van der Waals surface area (Å²) in [5.74, 6) is 2.86. The Bertz CT molecular complexity index is 1030. The van der Waals surface area contributed by atoms with E-state index < -0.39 is 0 Å². The summed E-state index contributed by atoms with van der Waals surface area (Å²) in [5, 5.41) is 19.7. The second-order valence-electron chi connectivity index (χ2n) is 8.44. The molecule has 0 spiro atoms. The van der Waals surface area contributed by atoms with Gasteiger partial charge in [-0.05, 0) is 62.5 Å². The van der Waals surface area contributed by atoms with E-state index in [1.165, 1.54) is 31.5 Å². The van der Waals surface area contributed by atoms with E-state index in [9.17, 15) is 0 Å². The summed E-state index contributed by atoms with van der Waals surface area (Å²) in [5.41, 5.74) is 3.16. The first-order valence-electron chi connectivity index (χ1n) is 11.2. The third-order valence-electron chi connectivity index (χ3n) is 6.32. The topological polar surface area (TPSA) is 92.6 Å². The van der Waals surface area contributed by atoms with Crippen molar-refractivity contribution in [2.24, 2.45) is 10.9 Å². The number of aromatic amines is 1. The van der Waals surface area contributed by atoms with Crippen molar-refractivity contribution in [3.63, 3.8) is 0 Å². The average molecular weight is 434 g/mol. The Labute approximate surface area is 189 Å². The van der Waals surface area contributed by atoms with E-state index >= 15 is 0 Å². The van der Waals surface area contributed by atoms with Crippen molar-refractivity contribution < 1.29 is 4.74 Å². The van der Waals surface area contributed by atoms with Crippen molar-refractivity contribution in [2.75, 3.05) is 39.1 Å². The first-order chi connectivity index (χ1) is 15.6. The summed E-state index contributed by atoms with van der Waals surface area (Å²) < 4.78 is 5.71. The van der Waals surface area contributed by atoms with Gasteiger partial charge in [0.2, 0.25) is 0 Å². The van der Waals surface area contributed by atoms with E-state index in [2.05, 4.69) is 56.6 Å². The van der Waals surface area contributed by atoms with Gasteiger partial charge >= 0.3 is 0 Å². The van der Waals surface area contributed by atoms with Gasteiger partial charge in [-0.15, -0.1) is 0 Å². The third kappa shape index (κ3) is 4.94. The molecule has 2 N–H and O–H groups in total. The highest BCUT2D eigenvalue weighted by Crippen LogP contribution is 2.32. The van der Waals surface area contributed by atoms with Gasteiger partial charge in [-0.25, -0.2) is 4.99 Å². The SMILES string of the molecule is CCN1CCC(Cc2ccc(-c3cc(NC4=CN(C)C(C#N)C=N4)n[nH]3)c(OC)c2)CC1. The highest BCUT2D eigenvalue weighted by molar-refractivity contribution is 5.73. The molecule has 168 valence electrons. The number of hydrogen-bond acceptors (Lipinski definition) is 7. The van der Waals surface area contributed by atoms with Gasteiger partial charge in [0.25, 0.3) is 0 Å². The number of ether oxygens (including phenoxy) is 1. The number of aliphatic imine (C=N–C) groups is 1. The zero-order valence-corrected chi connectivity index (χ0v) is 19.0. The van der Waals surface area contributed by atoms with E-state index in [0.717, 1.165) is 35.9 Å². The largest absolute Gasteiger partial charge is 0.496 e. The van der Waals surface area contributed by atoms with E-state index in [-0.39, 0.29) is 6.04 Å². The molecule has 1 fully saturated rings. The van der Waals surface area contributed by atoms with E-state index in [1.807, 2.05) is 13.1 Å². The Morgan fingerprint density at radius 1 is 1.28 bits per heavy atom. The quantitative estimate of drug-likeness (QED) is 0.695. The molecule has 2 aliphatic rings. The molecule has 1 aromatic carbocycles. The summed E-state index contributed by atoms with van der Waals surface area (Å²) in [4.78, 5) is 8.63. The predicted octanol–water partition coefficient (Wildman–Crippen LogP) is 3.48. The molecule has 3 heterocycles. The zero-order valence-electron chi connectivity index (χ0n) is 19.0. The molecule has 0 bridgehead atoms. The molecule has 8 nitrogen and oxygen atoms in total. The van der Waals surface area contributed by atoms with Crippen LogP contribution in [0.5, 0.6) is 5.75 Å². The summed E-state index contributed by atoms with van der Waals surface area (Å²) in [6.45, 7) is 5.79. The minimum atomic E-state index is -0.350. The number of aromatic nitrogens is 2. The number of nitrogens with one attached hydrogen (secondary N) is 2. The minimum Gasteiger partial charge on any atom is -0.496 e. The second kappa shape index (κ2) is 9.88. The highest BCUT2D eigenvalue weighted by Gasteiger charge is 2.20. The molecule has 1 saturated heterocycles. The molecule has 4 rings (SSSR count). The maximum Gasteiger partial charge on any atom is 0.153 e. The smallest absolute Gasteiger partial charge is 0.153 e. The van der Waals surface area contributed by atoms with Gasteiger partial charge in [0.1, 0.15) is 11.6 Å². The molecule has 0 aliphatic carbocycles. The van der Waals surface area contributed by atoms with Crippen molar-refractivity contribution in [1.29, 1.82) is 5.26 Å². The molecule has 1 atom stereocenters. The summed E-state index contributed by atoms with van der Waals surface area (Å²) >= 11 is 0. The van der Waals surface area contributed by atoms with Crippen LogP contribution < -0.4 is 10.1 Å². The zero-order chi connectivity index (χ0) is 22.5. The number of rotatable bonds is 7. The second-order valence-corrected chi connectivity index (χ2v) is 8.44. The fourth-order valence-corrected chi connectivity index (χ4v) is 4.33. The highest BCUT2D eigenvalue weighted by atomic mass is 16.5. The van der Waals surface area contributed by atoms with Gasteiger partial charge in [0.05, 0.1) is 18.9 Å². The number of methoxy groups -OCH3 is 1. The summed E-state index contributed by atoms with van der Waals surface area (Å²) in [6, 6.07) is 10.2. The first kappa shape index (κ1) is 21.9. The van der Waals surface area contributed by atoms with Crippen LogP contribution in [0.25, 0.3) is 11.3 Å². The van der Waals surface area contributed by atoms with Crippen LogP contribution in [0.3, 0.4) is 0 Å². The lowest BCUT2D eigenvalue weighted by Gasteiger charge is -2.31. The Hall–Kier alpha value is -3.31. The van der Waals surface area contributed by atoms with E-state index in [0.29, 0.717) is 11.6 Å². The van der Waals surface area contributed by atoms with E-state index in [1.54, 1.807) is 24.4 Å². The van der Waals surface area contributed by atoms with Crippen LogP contribution in [-0.2, 0) is 6.42 Å². The number of benzene rings is 1. The monoisotopic (exact) mass is 433 g/mol. The Morgan fingerprint density at radius 2 is 2.09 bits per heavy atom. The molecule has 0 radical (unpaired) electrons. The van der Waals surface area contributed by atoms with Gasteiger partial charge in [-0.1, -0.05) is 13.0 Å². The summed E-state index contributed by atoms with van der Waals surface area (Å²) in [6.07, 6.45) is 7.02.